The number of hydrogen-bond donors (Lipinski definition) is 1. The molecule has 5 heteroatoms. The molecule has 2 atom stereocenters. The van der Waals surface area contributed by atoms with Crippen LogP contribution < -0.4 is 5.32 Å². The number of para-hydroxylation sites is 1. The second kappa shape index (κ2) is 6.75. The summed E-state index contributed by atoms with van der Waals surface area (Å²) in [4.78, 5) is 19.1. The van der Waals surface area contributed by atoms with Crippen LogP contribution in [-0.2, 0) is 11.2 Å². The minimum atomic E-state index is 0.280. The van der Waals surface area contributed by atoms with Gasteiger partial charge < -0.3 is 10.2 Å². The Morgan fingerprint density at radius 2 is 2.23 bits per heavy atom. The molecule has 0 bridgehead atoms. The van der Waals surface area contributed by atoms with Crippen LogP contribution in [0.3, 0.4) is 0 Å². The van der Waals surface area contributed by atoms with Gasteiger partial charge in [-0.25, -0.2) is 4.98 Å². The van der Waals surface area contributed by atoms with Crippen LogP contribution in [0.2, 0.25) is 0 Å². The third-order valence-corrected chi connectivity index (χ3v) is 5.57. The molecule has 0 aliphatic carbocycles. The smallest absolute Gasteiger partial charge is 0.222 e. The maximum absolute atomic E-state index is 12.4. The number of carbonyl (C=O) groups excluding carboxylic acids is 1. The van der Waals surface area contributed by atoms with Crippen LogP contribution in [-0.4, -0.2) is 41.0 Å². The lowest BCUT2D eigenvalue weighted by molar-refractivity contribution is -0.134. The molecule has 1 aromatic heterocycles. The number of fused-ring (bicyclic) bond motifs is 1. The van der Waals surface area contributed by atoms with Gasteiger partial charge in [0.15, 0.2) is 0 Å². The number of nitrogens with one attached hydrogen (secondary N) is 1. The van der Waals surface area contributed by atoms with Gasteiger partial charge in [0.25, 0.3) is 0 Å². The van der Waals surface area contributed by atoms with E-state index in [9.17, 15) is 4.79 Å². The summed E-state index contributed by atoms with van der Waals surface area (Å²) in [6.45, 7) is 5.99. The van der Waals surface area contributed by atoms with Gasteiger partial charge >= 0.3 is 0 Å². The van der Waals surface area contributed by atoms with Gasteiger partial charge in [0.1, 0.15) is 0 Å². The second-order valence-electron chi connectivity index (χ2n) is 6.00. The van der Waals surface area contributed by atoms with Crippen molar-refractivity contribution >= 4 is 27.5 Å². The van der Waals surface area contributed by atoms with Crippen LogP contribution in [0.4, 0.5) is 0 Å². The Hall–Kier alpha value is -1.46. The van der Waals surface area contributed by atoms with Gasteiger partial charge in [0, 0.05) is 31.6 Å². The fraction of sp³-hybridized carbons (Fsp3) is 0.529. The van der Waals surface area contributed by atoms with E-state index in [4.69, 9.17) is 0 Å². The molecular weight excluding hydrogens is 294 g/mol. The summed E-state index contributed by atoms with van der Waals surface area (Å²) in [5.41, 5.74) is 1.07. The largest absolute Gasteiger partial charge is 0.337 e. The number of carbonyl (C=O) groups is 1. The van der Waals surface area contributed by atoms with Crippen LogP contribution in [0.25, 0.3) is 10.2 Å². The molecule has 118 valence electrons. The maximum Gasteiger partial charge on any atom is 0.222 e. The molecule has 2 unspecified atom stereocenters. The van der Waals surface area contributed by atoms with Gasteiger partial charge in [0.05, 0.1) is 15.2 Å². The average Bonchev–Trinajstić information content (AvgIpc) is 2.92. The predicted molar refractivity (Wildman–Crippen MR) is 91.2 cm³/mol. The highest BCUT2D eigenvalue weighted by Crippen LogP contribution is 2.23. The minimum Gasteiger partial charge on any atom is -0.337 e. The van der Waals surface area contributed by atoms with Crippen molar-refractivity contribution in [2.24, 2.45) is 0 Å². The van der Waals surface area contributed by atoms with E-state index in [0.717, 1.165) is 36.5 Å². The number of amides is 1. The van der Waals surface area contributed by atoms with Gasteiger partial charge in [-0.3, -0.25) is 4.79 Å². The summed E-state index contributed by atoms with van der Waals surface area (Å²) in [6, 6.07) is 8.87. The molecule has 2 aromatic rings. The number of aromatic nitrogens is 1. The van der Waals surface area contributed by atoms with Crippen LogP contribution in [0.5, 0.6) is 0 Å². The zero-order valence-electron chi connectivity index (χ0n) is 13.2. The molecule has 1 saturated heterocycles. The highest BCUT2D eigenvalue weighted by molar-refractivity contribution is 7.18. The average molecular weight is 317 g/mol. The van der Waals surface area contributed by atoms with E-state index in [2.05, 4.69) is 30.2 Å². The number of hydrogen-bond acceptors (Lipinski definition) is 4. The first-order chi connectivity index (χ1) is 10.6. The molecule has 0 spiro atoms. The second-order valence-corrected chi connectivity index (χ2v) is 7.11. The SMILES string of the molecule is CC1NCCN(C(=O)CCCc2nc3ccccc3s2)C1C. The van der Waals surface area contributed by atoms with E-state index in [1.165, 1.54) is 4.70 Å². The quantitative estimate of drug-likeness (QED) is 0.943. The lowest BCUT2D eigenvalue weighted by Gasteiger charge is -2.38. The monoisotopic (exact) mass is 317 g/mol. The highest BCUT2D eigenvalue weighted by atomic mass is 32.1. The number of rotatable bonds is 4. The van der Waals surface area contributed by atoms with E-state index in [1.807, 2.05) is 23.1 Å². The van der Waals surface area contributed by atoms with Gasteiger partial charge in [-0.05, 0) is 38.8 Å². The van der Waals surface area contributed by atoms with Crippen molar-refractivity contribution in [1.29, 1.82) is 0 Å². The summed E-state index contributed by atoms with van der Waals surface area (Å²) in [6.07, 6.45) is 2.39. The van der Waals surface area contributed by atoms with Crippen molar-refractivity contribution in [1.82, 2.24) is 15.2 Å². The Morgan fingerprint density at radius 3 is 3.05 bits per heavy atom. The molecule has 0 radical (unpaired) electrons. The van der Waals surface area contributed by atoms with E-state index in [0.29, 0.717) is 12.5 Å². The van der Waals surface area contributed by atoms with Crippen molar-refractivity contribution in [3.63, 3.8) is 0 Å². The van der Waals surface area contributed by atoms with Crippen LogP contribution in [0.15, 0.2) is 24.3 Å². The van der Waals surface area contributed by atoms with E-state index < -0.39 is 0 Å². The molecule has 1 N–H and O–H groups in total. The molecule has 2 heterocycles. The van der Waals surface area contributed by atoms with Gasteiger partial charge in [-0.15, -0.1) is 11.3 Å². The summed E-state index contributed by atoms with van der Waals surface area (Å²) >= 11 is 1.74. The van der Waals surface area contributed by atoms with Crippen molar-refractivity contribution in [2.45, 2.75) is 45.2 Å². The van der Waals surface area contributed by atoms with E-state index in [-0.39, 0.29) is 11.9 Å². The molecule has 3 rings (SSSR count). The minimum absolute atomic E-state index is 0.280. The lowest BCUT2D eigenvalue weighted by atomic mass is 10.1. The number of thiazole rings is 1. The molecule has 4 nitrogen and oxygen atoms in total. The van der Waals surface area contributed by atoms with Gasteiger partial charge in [-0.1, -0.05) is 12.1 Å². The predicted octanol–water partition coefficient (Wildman–Crippen LogP) is 2.83. The first kappa shape index (κ1) is 15.4. The summed E-state index contributed by atoms with van der Waals surface area (Å²) in [7, 11) is 0. The molecule has 0 saturated carbocycles. The molecular formula is C17H23N3OS. The number of piperazine rings is 1. The fourth-order valence-electron chi connectivity index (χ4n) is 2.97. The van der Waals surface area contributed by atoms with Gasteiger partial charge in [0.2, 0.25) is 5.91 Å². The van der Waals surface area contributed by atoms with E-state index in [1.54, 1.807) is 11.3 Å². The van der Waals surface area contributed by atoms with Crippen molar-refractivity contribution in [3.05, 3.63) is 29.3 Å². The Labute approximate surface area is 135 Å². The molecule has 1 aromatic carbocycles. The summed E-state index contributed by atoms with van der Waals surface area (Å²) in [5, 5.41) is 4.55. The Balaban J connectivity index is 1.53. The Kier molecular flexibility index (Phi) is 4.74. The lowest BCUT2D eigenvalue weighted by Crippen LogP contribution is -2.57. The van der Waals surface area contributed by atoms with E-state index >= 15 is 0 Å². The van der Waals surface area contributed by atoms with Gasteiger partial charge in [-0.2, -0.15) is 0 Å². The fourth-order valence-corrected chi connectivity index (χ4v) is 3.98. The van der Waals surface area contributed by atoms with Crippen LogP contribution in [0.1, 0.15) is 31.7 Å². The zero-order valence-corrected chi connectivity index (χ0v) is 14.0. The molecule has 22 heavy (non-hydrogen) atoms. The standard InChI is InChI=1S/C17H23N3OS/c1-12-13(2)20(11-10-18-12)17(21)9-5-8-16-19-14-6-3-4-7-15(14)22-16/h3-4,6-7,12-13,18H,5,8-11H2,1-2H3. The Morgan fingerprint density at radius 1 is 1.41 bits per heavy atom. The maximum atomic E-state index is 12.4. The molecule has 1 amide bonds. The van der Waals surface area contributed by atoms with Crippen molar-refractivity contribution in [3.8, 4) is 0 Å². The zero-order chi connectivity index (χ0) is 15.5. The molecule has 1 aliphatic rings. The van der Waals surface area contributed by atoms with Crippen molar-refractivity contribution in [2.75, 3.05) is 13.1 Å². The summed E-state index contributed by atoms with van der Waals surface area (Å²) < 4.78 is 1.23. The molecule has 1 fully saturated rings. The first-order valence-corrected chi connectivity index (χ1v) is 8.84. The number of aryl methyl sites for hydroxylation is 1. The number of benzene rings is 1. The normalized spacial score (nSPS) is 22.2. The highest BCUT2D eigenvalue weighted by Gasteiger charge is 2.27. The Bertz CT molecular complexity index is 621. The van der Waals surface area contributed by atoms with Crippen molar-refractivity contribution < 1.29 is 4.79 Å². The third kappa shape index (κ3) is 3.31. The number of nitrogens with zero attached hydrogens (tertiary/aromatic N) is 2. The molecule has 1 aliphatic heterocycles. The van der Waals surface area contributed by atoms with Crippen LogP contribution in [0, 0.1) is 0 Å². The summed E-state index contributed by atoms with van der Waals surface area (Å²) in [5.74, 6) is 0.280. The van der Waals surface area contributed by atoms with Crippen LogP contribution >= 0.6 is 11.3 Å². The third-order valence-electron chi connectivity index (χ3n) is 4.47. The topological polar surface area (TPSA) is 45.2 Å². The first-order valence-electron chi connectivity index (χ1n) is 8.02.